The van der Waals surface area contributed by atoms with Crippen LogP contribution in [0.5, 0.6) is 0 Å². The van der Waals surface area contributed by atoms with Gasteiger partial charge in [0.1, 0.15) is 11.6 Å². The molecule has 2 N–H and O–H groups in total. The lowest BCUT2D eigenvalue weighted by atomic mass is 9.89. The molecular weight excluding hydrogens is 608 g/mol. The van der Waals surface area contributed by atoms with E-state index in [1.54, 1.807) is 12.2 Å². The second-order valence-electron chi connectivity index (χ2n) is 15.1. The van der Waals surface area contributed by atoms with Crippen LogP contribution in [-0.2, 0) is 19.2 Å². The Morgan fingerprint density at radius 3 is 1.63 bits per heavy atom. The number of carbonyl (C=O) groups excluding carboxylic acids is 4. The van der Waals surface area contributed by atoms with Gasteiger partial charge in [0.25, 0.3) is 0 Å². The fourth-order valence-corrected chi connectivity index (χ4v) is 4.92. The minimum absolute atomic E-state index is 0.0491. The fraction of sp³-hybridized carbons (Fsp3) is 0.814. The molecule has 0 spiro atoms. The van der Waals surface area contributed by atoms with Gasteiger partial charge in [-0.1, -0.05) is 145 Å². The number of allylic oxidation sites excluding steroid dienone is 2. The second kappa shape index (κ2) is 37.0. The molecule has 0 saturated heterocycles. The van der Waals surface area contributed by atoms with Crippen LogP contribution in [0.3, 0.4) is 0 Å². The number of rotatable bonds is 28. The highest BCUT2D eigenvalue weighted by molar-refractivity contribution is 5.82. The summed E-state index contributed by atoms with van der Waals surface area (Å²) in [5.41, 5.74) is 0. The first-order valence-corrected chi connectivity index (χ1v) is 20.1. The third-order valence-electron chi connectivity index (χ3n) is 8.37. The van der Waals surface area contributed by atoms with Crippen LogP contribution in [0.15, 0.2) is 24.8 Å². The zero-order chi connectivity index (χ0) is 37.9. The average Bonchev–Trinajstić information content (AvgIpc) is 3.04. The van der Waals surface area contributed by atoms with Gasteiger partial charge in [-0.3, -0.25) is 19.2 Å². The highest BCUT2D eigenvalue weighted by atomic mass is 16.2. The van der Waals surface area contributed by atoms with Crippen molar-refractivity contribution in [1.29, 1.82) is 0 Å². The Balaban J connectivity index is -0.000000740. The zero-order valence-corrected chi connectivity index (χ0v) is 34.1. The van der Waals surface area contributed by atoms with E-state index < -0.39 is 0 Å². The van der Waals surface area contributed by atoms with E-state index in [1.807, 2.05) is 33.8 Å². The van der Waals surface area contributed by atoms with E-state index in [1.165, 1.54) is 51.4 Å². The maximum atomic E-state index is 11.8. The van der Waals surface area contributed by atoms with Gasteiger partial charge >= 0.3 is 0 Å². The number of carbonyl (C=O) groups is 4. The monoisotopic (exact) mass is 691 g/mol. The lowest BCUT2D eigenvalue weighted by Crippen LogP contribution is -2.25. The van der Waals surface area contributed by atoms with Crippen LogP contribution in [-0.4, -0.2) is 36.5 Å². The highest BCUT2D eigenvalue weighted by Crippen LogP contribution is 2.20. The number of Topliss-reactive ketones (excluding diaryl/α,β-unsaturated/α-hetero) is 2. The Kier molecular flexibility index (Phi) is 38.6. The summed E-state index contributed by atoms with van der Waals surface area (Å²) < 4.78 is 0. The molecule has 0 aromatic heterocycles. The van der Waals surface area contributed by atoms with Crippen molar-refractivity contribution in [2.75, 3.05) is 13.1 Å². The summed E-state index contributed by atoms with van der Waals surface area (Å²) in [7, 11) is 0. The van der Waals surface area contributed by atoms with E-state index in [0.717, 1.165) is 57.5 Å². The minimum Gasteiger partial charge on any atom is -0.356 e. The van der Waals surface area contributed by atoms with Gasteiger partial charge in [0, 0.05) is 50.6 Å². The van der Waals surface area contributed by atoms with Gasteiger partial charge < -0.3 is 10.6 Å². The van der Waals surface area contributed by atoms with Crippen molar-refractivity contribution in [2.24, 2.45) is 29.6 Å². The third-order valence-corrected chi connectivity index (χ3v) is 8.37. The quantitative estimate of drug-likeness (QED) is 0.0631. The van der Waals surface area contributed by atoms with Crippen LogP contribution >= 0.6 is 0 Å². The van der Waals surface area contributed by atoms with Crippen LogP contribution in [0.2, 0.25) is 0 Å². The van der Waals surface area contributed by atoms with Crippen molar-refractivity contribution < 1.29 is 19.2 Å². The Morgan fingerprint density at radius 1 is 0.571 bits per heavy atom. The van der Waals surface area contributed by atoms with E-state index in [0.29, 0.717) is 43.3 Å². The van der Waals surface area contributed by atoms with Crippen molar-refractivity contribution in [2.45, 2.75) is 185 Å². The maximum Gasteiger partial charge on any atom is 0.223 e. The minimum atomic E-state index is 0.0491. The molecule has 0 saturated carbocycles. The van der Waals surface area contributed by atoms with Gasteiger partial charge in [-0.05, 0) is 49.9 Å². The molecule has 6 nitrogen and oxygen atoms in total. The Labute approximate surface area is 304 Å². The first-order valence-electron chi connectivity index (χ1n) is 20.1. The fourth-order valence-electron chi connectivity index (χ4n) is 4.92. The van der Waals surface area contributed by atoms with Crippen molar-refractivity contribution in [3.8, 4) is 0 Å². The van der Waals surface area contributed by atoms with Crippen LogP contribution in [0.25, 0.3) is 0 Å². The summed E-state index contributed by atoms with van der Waals surface area (Å²) in [5.74, 6) is 2.77. The molecule has 288 valence electrons. The first-order chi connectivity index (χ1) is 23.2. The molecule has 1 unspecified atom stereocenters. The predicted octanol–water partition coefficient (Wildman–Crippen LogP) is 11.4. The highest BCUT2D eigenvalue weighted by Gasteiger charge is 2.17. The molecule has 0 aliphatic heterocycles. The van der Waals surface area contributed by atoms with Crippen molar-refractivity contribution in [3.63, 3.8) is 0 Å². The van der Waals surface area contributed by atoms with Gasteiger partial charge in [-0.15, -0.1) is 6.58 Å². The molecular formula is C43H82N2O4. The Morgan fingerprint density at radius 2 is 1.10 bits per heavy atom. The number of amides is 2. The zero-order valence-electron chi connectivity index (χ0n) is 34.1. The summed E-state index contributed by atoms with van der Waals surface area (Å²) in [6.07, 6.45) is 23.9. The lowest BCUT2D eigenvalue weighted by Gasteiger charge is -2.16. The molecule has 6 heteroatoms. The molecule has 0 bridgehead atoms. The van der Waals surface area contributed by atoms with E-state index >= 15 is 0 Å². The molecule has 0 aromatic rings. The molecule has 2 amide bonds. The number of nitrogens with one attached hydrogen (secondary N) is 2. The number of hydrogen-bond acceptors (Lipinski definition) is 4. The predicted molar refractivity (Wildman–Crippen MR) is 213 cm³/mol. The van der Waals surface area contributed by atoms with E-state index in [2.05, 4.69) is 58.8 Å². The third kappa shape index (κ3) is 41.8. The van der Waals surface area contributed by atoms with Crippen LogP contribution in [0, 0.1) is 29.6 Å². The number of hydrogen-bond donors (Lipinski definition) is 2. The second-order valence-corrected chi connectivity index (χ2v) is 15.1. The summed E-state index contributed by atoms with van der Waals surface area (Å²) in [6, 6.07) is 0. The average molecular weight is 691 g/mol. The van der Waals surface area contributed by atoms with Crippen LogP contribution in [0.1, 0.15) is 185 Å². The Hall–Kier alpha value is -2.24. The SMILES string of the molecule is C=CCCCC.CC(C)CCCCCCCNC(=O)C/C=C/CC(=O)C(C)C.CCCC(CCC(=O)NCCCC(C)C)CC(=O)C(C)C. The summed E-state index contributed by atoms with van der Waals surface area (Å²) in [5, 5.41) is 5.92. The number of ketones is 2. The van der Waals surface area contributed by atoms with Gasteiger partial charge in [0.2, 0.25) is 11.8 Å². The van der Waals surface area contributed by atoms with E-state index in [9.17, 15) is 19.2 Å². The molecule has 0 aliphatic rings. The molecule has 1 atom stereocenters. The molecule has 0 fully saturated rings. The summed E-state index contributed by atoms with van der Waals surface area (Å²) >= 11 is 0. The molecule has 0 heterocycles. The van der Waals surface area contributed by atoms with Crippen molar-refractivity contribution in [3.05, 3.63) is 24.8 Å². The maximum absolute atomic E-state index is 11.8. The van der Waals surface area contributed by atoms with Gasteiger partial charge in [0.15, 0.2) is 0 Å². The summed E-state index contributed by atoms with van der Waals surface area (Å²) in [4.78, 5) is 46.6. The lowest BCUT2D eigenvalue weighted by molar-refractivity contribution is -0.124. The largest absolute Gasteiger partial charge is 0.356 e. The van der Waals surface area contributed by atoms with Gasteiger partial charge in [-0.25, -0.2) is 0 Å². The molecule has 0 radical (unpaired) electrons. The molecule has 0 aliphatic carbocycles. The molecule has 0 aromatic carbocycles. The normalized spacial score (nSPS) is 11.6. The molecule has 49 heavy (non-hydrogen) atoms. The van der Waals surface area contributed by atoms with Gasteiger partial charge in [-0.2, -0.15) is 0 Å². The van der Waals surface area contributed by atoms with Crippen molar-refractivity contribution >= 4 is 23.4 Å². The topological polar surface area (TPSA) is 92.3 Å². The van der Waals surface area contributed by atoms with Gasteiger partial charge in [0.05, 0.1) is 0 Å². The van der Waals surface area contributed by atoms with Crippen LogP contribution < -0.4 is 10.6 Å². The van der Waals surface area contributed by atoms with E-state index in [-0.39, 0.29) is 29.4 Å². The molecule has 0 rings (SSSR count). The number of unbranched alkanes of at least 4 members (excludes halogenated alkanes) is 6. The van der Waals surface area contributed by atoms with E-state index in [4.69, 9.17) is 0 Å². The Bertz CT molecular complexity index is 845. The summed E-state index contributed by atoms with van der Waals surface area (Å²) in [6.45, 7) is 26.1. The van der Waals surface area contributed by atoms with Crippen molar-refractivity contribution in [1.82, 2.24) is 10.6 Å². The van der Waals surface area contributed by atoms with Crippen LogP contribution in [0.4, 0.5) is 0 Å². The first kappa shape index (κ1) is 51.1. The smallest absolute Gasteiger partial charge is 0.223 e. The standard InChI is InChI=1S/C19H35NO2.C18H35NO2.C6H12/c1-16(2)12-8-6-5-7-11-15-20-19(22)14-10-9-13-18(21)17(3)4;1-6-8-16(13-17(20)15(4)5)10-11-18(21)19-12-7-9-14(2)3;1-3-5-6-4-2/h9-10,16-17H,5-8,11-15H2,1-4H3,(H,20,22);14-16H,6-13H2,1-5H3,(H,19,21);3H,1,4-6H2,2H3/b10-9+;;.